The standard InChI is InChI=1S/C17H27N3O/c1-3-21-13-16-9-5-4-8-15(16)11-19-17(18)20-10-6-7-14(2)12-20/h4-5,8-9,14H,3,6-7,10-13H2,1-2H3,(H2,18,19). The molecule has 116 valence electrons. The number of likely N-dealkylation sites (tertiary alicyclic amines) is 1. The molecular weight excluding hydrogens is 262 g/mol. The van der Waals surface area contributed by atoms with E-state index in [1.54, 1.807) is 0 Å². The van der Waals surface area contributed by atoms with Gasteiger partial charge in [0.25, 0.3) is 0 Å². The lowest BCUT2D eigenvalue weighted by molar-refractivity contribution is 0.133. The summed E-state index contributed by atoms with van der Waals surface area (Å²) in [6.45, 7) is 8.33. The Kier molecular flexibility index (Phi) is 6.05. The number of aliphatic imine (C=N–C) groups is 1. The van der Waals surface area contributed by atoms with Crippen molar-refractivity contribution in [2.45, 2.75) is 39.8 Å². The van der Waals surface area contributed by atoms with Crippen molar-refractivity contribution in [3.05, 3.63) is 35.4 Å². The summed E-state index contributed by atoms with van der Waals surface area (Å²) < 4.78 is 5.51. The molecule has 4 heteroatoms. The minimum atomic E-state index is 0.625. The number of nitrogens with two attached hydrogens (primary N) is 1. The van der Waals surface area contributed by atoms with E-state index in [4.69, 9.17) is 10.5 Å². The molecule has 1 aromatic carbocycles. The molecule has 1 atom stereocenters. The van der Waals surface area contributed by atoms with E-state index in [0.717, 1.165) is 19.7 Å². The van der Waals surface area contributed by atoms with Crippen molar-refractivity contribution in [2.24, 2.45) is 16.6 Å². The van der Waals surface area contributed by atoms with E-state index in [1.165, 1.54) is 24.0 Å². The van der Waals surface area contributed by atoms with E-state index in [9.17, 15) is 0 Å². The van der Waals surface area contributed by atoms with Gasteiger partial charge in [0, 0.05) is 19.7 Å². The van der Waals surface area contributed by atoms with Crippen LogP contribution in [0, 0.1) is 5.92 Å². The van der Waals surface area contributed by atoms with E-state index in [1.807, 2.05) is 19.1 Å². The van der Waals surface area contributed by atoms with Gasteiger partial charge in [0.2, 0.25) is 0 Å². The first-order valence-electron chi connectivity index (χ1n) is 7.90. The number of rotatable bonds is 5. The van der Waals surface area contributed by atoms with E-state index >= 15 is 0 Å². The van der Waals surface area contributed by atoms with Crippen LogP contribution in [-0.4, -0.2) is 30.6 Å². The second kappa shape index (κ2) is 8.03. The van der Waals surface area contributed by atoms with Gasteiger partial charge in [-0.1, -0.05) is 31.2 Å². The zero-order chi connectivity index (χ0) is 15.1. The fourth-order valence-corrected chi connectivity index (χ4v) is 2.73. The number of nitrogens with zero attached hydrogens (tertiary/aromatic N) is 2. The van der Waals surface area contributed by atoms with Gasteiger partial charge in [0.15, 0.2) is 5.96 Å². The van der Waals surface area contributed by atoms with Gasteiger partial charge in [-0.2, -0.15) is 0 Å². The van der Waals surface area contributed by atoms with Crippen molar-refractivity contribution in [3.63, 3.8) is 0 Å². The summed E-state index contributed by atoms with van der Waals surface area (Å²) in [7, 11) is 0. The summed E-state index contributed by atoms with van der Waals surface area (Å²) in [5.41, 5.74) is 8.54. The monoisotopic (exact) mass is 289 g/mol. The summed E-state index contributed by atoms with van der Waals surface area (Å²) in [5.74, 6) is 1.38. The van der Waals surface area contributed by atoms with Crippen LogP contribution >= 0.6 is 0 Å². The molecule has 1 saturated heterocycles. The van der Waals surface area contributed by atoms with Gasteiger partial charge in [-0.25, -0.2) is 4.99 Å². The topological polar surface area (TPSA) is 50.9 Å². The third kappa shape index (κ3) is 4.74. The van der Waals surface area contributed by atoms with Gasteiger partial charge in [0.05, 0.1) is 13.2 Å². The third-order valence-corrected chi connectivity index (χ3v) is 3.97. The lowest BCUT2D eigenvalue weighted by Gasteiger charge is -2.31. The van der Waals surface area contributed by atoms with Crippen LogP contribution in [0.3, 0.4) is 0 Å². The smallest absolute Gasteiger partial charge is 0.191 e. The average molecular weight is 289 g/mol. The Morgan fingerprint density at radius 2 is 2.14 bits per heavy atom. The van der Waals surface area contributed by atoms with Crippen LogP contribution in [-0.2, 0) is 17.9 Å². The number of ether oxygens (including phenoxy) is 1. The van der Waals surface area contributed by atoms with Gasteiger partial charge in [-0.15, -0.1) is 0 Å². The molecule has 1 aliphatic rings. The van der Waals surface area contributed by atoms with Crippen molar-refractivity contribution in [1.29, 1.82) is 0 Å². The first-order valence-corrected chi connectivity index (χ1v) is 7.90. The Labute approximate surface area is 128 Å². The fraction of sp³-hybridized carbons (Fsp3) is 0.588. The summed E-state index contributed by atoms with van der Waals surface area (Å²) in [6.07, 6.45) is 2.50. The maximum Gasteiger partial charge on any atom is 0.191 e. The lowest BCUT2D eigenvalue weighted by Crippen LogP contribution is -2.43. The summed E-state index contributed by atoms with van der Waals surface area (Å²) in [5, 5.41) is 0. The Balaban J connectivity index is 1.99. The Hall–Kier alpha value is -1.55. The van der Waals surface area contributed by atoms with Crippen molar-refractivity contribution in [1.82, 2.24) is 4.90 Å². The quantitative estimate of drug-likeness (QED) is 0.670. The molecule has 1 aliphatic heterocycles. The van der Waals surface area contributed by atoms with Crippen molar-refractivity contribution in [2.75, 3.05) is 19.7 Å². The van der Waals surface area contributed by atoms with Crippen LogP contribution in [0.15, 0.2) is 29.3 Å². The molecule has 0 aromatic heterocycles. The molecule has 21 heavy (non-hydrogen) atoms. The third-order valence-electron chi connectivity index (χ3n) is 3.97. The maximum atomic E-state index is 6.15. The highest BCUT2D eigenvalue weighted by atomic mass is 16.5. The van der Waals surface area contributed by atoms with Crippen LogP contribution in [0.2, 0.25) is 0 Å². The van der Waals surface area contributed by atoms with E-state index in [0.29, 0.717) is 25.0 Å². The number of hydrogen-bond acceptors (Lipinski definition) is 2. The van der Waals surface area contributed by atoms with Crippen LogP contribution in [0.4, 0.5) is 0 Å². The Morgan fingerprint density at radius 3 is 2.86 bits per heavy atom. The molecule has 1 aromatic rings. The zero-order valence-corrected chi connectivity index (χ0v) is 13.2. The van der Waals surface area contributed by atoms with Gasteiger partial charge in [-0.05, 0) is 36.8 Å². The van der Waals surface area contributed by atoms with Crippen LogP contribution in [0.5, 0.6) is 0 Å². The van der Waals surface area contributed by atoms with E-state index in [2.05, 4.69) is 28.9 Å². The Morgan fingerprint density at radius 1 is 1.38 bits per heavy atom. The predicted octanol–water partition coefficient (Wildman–Crippen LogP) is 2.77. The van der Waals surface area contributed by atoms with Gasteiger partial charge in [-0.3, -0.25) is 0 Å². The highest BCUT2D eigenvalue weighted by molar-refractivity contribution is 5.78. The van der Waals surface area contributed by atoms with Gasteiger partial charge >= 0.3 is 0 Å². The second-order valence-corrected chi connectivity index (χ2v) is 5.77. The van der Waals surface area contributed by atoms with Gasteiger partial charge in [0.1, 0.15) is 0 Å². The van der Waals surface area contributed by atoms with Crippen molar-refractivity contribution >= 4 is 5.96 Å². The molecule has 1 fully saturated rings. The van der Waals surface area contributed by atoms with Crippen LogP contribution in [0.1, 0.15) is 37.8 Å². The lowest BCUT2D eigenvalue weighted by atomic mass is 10.0. The fourth-order valence-electron chi connectivity index (χ4n) is 2.73. The van der Waals surface area contributed by atoms with Crippen molar-refractivity contribution in [3.8, 4) is 0 Å². The molecule has 0 saturated carbocycles. The molecule has 0 spiro atoms. The SMILES string of the molecule is CCOCc1ccccc1CN=C(N)N1CCCC(C)C1. The van der Waals surface area contributed by atoms with E-state index in [-0.39, 0.29) is 0 Å². The molecule has 0 amide bonds. The molecule has 0 aliphatic carbocycles. The number of piperidine rings is 1. The number of hydrogen-bond donors (Lipinski definition) is 1. The minimum absolute atomic E-state index is 0.625. The minimum Gasteiger partial charge on any atom is -0.377 e. The molecule has 0 bridgehead atoms. The predicted molar refractivity (Wildman–Crippen MR) is 87.1 cm³/mol. The van der Waals surface area contributed by atoms with Crippen LogP contribution in [0.25, 0.3) is 0 Å². The molecule has 2 rings (SSSR count). The second-order valence-electron chi connectivity index (χ2n) is 5.77. The molecule has 4 nitrogen and oxygen atoms in total. The molecular formula is C17H27N3O. The number of benzene rings is 1. The molecule has 0 radical (unpaired) electrons. The number of guanidine groups is 1. The first kappa shape index (κ1) is 15.8. The largest absolute Gasteiger partial charge is 0.377 e. The first-order chi connectivity index (χ1) is 10.2. The molecule has 1 heterocycles. The van der Waals surface area contributed by atoms with E-state index < -0.39 is 0 Å². The van der Waals surface area contributed by atoms with Crippen molar-refractivity contribution < 1.29 is 4.74 Å². The summed E-state index contributed by atoms with van der Waals surface area (Å²) in [4.78, 5) is 6.79. The molecule has 1 unspecified atom stereocenters. The Bertz CT molecular complexity index is 473. The molecule has 2 N–H and O–H groups in total. The van der Waals surface area contributed by atoms with Crippen LogP contribution < -0.4 is 5.73 Å². The van der Waals surface area contributed by atoms with Gasteiger partial charge < -0.3 is 15.4 Å². The summed E-state index contributed by atoms with van der Waals surface area (Å²) in [6, 6.07) is 8.28. The zero-order valence-electron chi connectivity index (χ0n) is 13.2. The highest BCUT2D eigenvalue weighted by Gasteiger charge is 2.17. The highest BCUT2D eigenvalue weighted by Crippen LogP contribution is 2.16. The maximum absolute atomic E-state index is 6.15. The normalized spacial score (nSPS) is 19.8. The summed E-state index contributed by atoms with van der Waals surface area (Å²) >= 11 is 0. The average Bonchev–Trinajstić information content (AvgIpc) is 2.51.